The minimum absolute atomic E-state index is 0.00362. The Bertz CT molecular complexity index is 1140. The fourth-order valence-corrected chi connectivity index (χ4v) is 3.37. The number of nitrogens with zero attached hydrogens (tertiary/aromatic N) is 4. The molecule has 1 aliphatic heterocycles. The van der Waals surface area contributed by atoms with Gasteiger partial charge >= 0.3 is 0 Å². The fraction of sp³-hybridized carbons (Fsp3) is 0.250. The van der Waals surface area contributed by atoms with Crippen LogP contribution < -0.4 is 10.5 Å². The molecule has 1 aromatic carbocycles. The molecular weight excluding hydrogens is 416 g/mol. The molecule has 156 valence electrons. The lowest BCUT2D eigenvalue weighted by atomic mass is 10.1. The number of ether oxygens (including phenoxy) is 2. The number of aromatic nitrogens is 3. The van der Waals surface area contributed by atoms with Crippen LogP contribution in [0.5, 0.6) is 5.75 Å². The number of benzene rings is 1. The van der Waals surface area contributed by atoms with Gasteiger partial charge in [0.2, 0.25) is 0 Å². The largest absolute Gasteiger partial charge is 0.461 e. The Morgan fingerprint density at radius 2 is 2.00 bits per heavy atom. The van der Waals surface area contributed by atoms with Gasteiger partial charge in [-0.05, 0) is 19.1 Å². The monoisotopic (exact) mass is 433 g/mol. The predicted molar refractivity (Wildman–Crippen MR) is 109 cm³/mol. The van der Waals surface area contributed by atoms with Gasteiger partial charge in [-0.1, -0.05) is 11.6 Å². The van der Waals surface area contributed by atoms with Crippen molar-refractivity contribution in [1.82, 2.24) is 19.9 Å². The summed E-state index contributed by atoms with van der Waals surface area (Å²) in [5, 5.41) is -0.248. The van der Waals surface area contributed by atoms with Crippen molar-refractivity contribution >= 4 is 28.3 Å². The highest BCUT2D eigenvalue weighted by atomic mass is 35.5. The maximum absolute atomic E-state index is 14.6. The smallest absolute Gasteiger partial charge is 0.158 e. The molecule has 3 heterocycles. The van der Waals surface area contributed by atoms with Gasteiger partial charge in [0.1, 0.15) is 34.8 Å². The number of pyridine rings is 1. The highest BCUT2D eigenvalue weighted by Crippen LogP contribution is 2.36. The number of morpholine rings is 1. The number of hydrogen-bond donors (Lipinski definition) is 1. The van der Waals surface area contributed by atoms with Gasteiger partial charge in [0.15, 0.2) is 11.6 Å². The van der Waals surface area contributed by atoms with Crippen LogP contribution in [0.1, 0.15) is 6.92 Å². The van der Waals surface area contributed by atoms with Crippen molar-refractivity contribution in [3.05, 3.63) is 53.3 Å². The molecule has 0 saturated carbocycles. The van der Waals surface area contributed by atoms with E-state index in [9.17, 15) is 8.78 Å². The first-order valence-corrected chi connectivity index (χ1v) is 9.54. The summed E-state index contributed by atoms with van der Waals surface area (Å²) in [5.41, 5.74) is 7.38. The minimum atomic E-state index is -0.931. The molecular formula is C20H18ClF2N5O2. The van der Waals surface area contributed by atoms with Crippen LogP contribution >= 0.6 is 11.6 Å². The minimum Gasteiger partial charge on any atom is -0.461 e. The average Bonchev–Trinajstić information content (AvgIpc) is 2.77. The van der Waals surface area contributed by atoms with Crippen molar-refractivity contribution in [3.8, 4) is 17.0 Å². The van der Waals surface area contributed by atoms with Crippen molar-refractivity contribution in [2.24, 2.45) is 0 Å². The second-order valence-corrected chi connectivity index (χ2v) is 7.03. The number of halogens is 3. The van der Waals surface area contributed by atoms with Crippen molar-refractivity contribution in [2.75, 3.05) is 32.0 Å². The average molecular weight is 434 g/mol. The molecule has 3 aromatic rings. The number of nitrogen functional groups attached to an aromatic ring is 1. The topological polar surface area (TPSA) is 86.4 Å². The van der Waals surface area contributed by atoms with Gasteiger partial charge in [-0.25, -0.2) is 23.7 Å². The Morgan fingerprint density at radius 3 is 2.77 bits per heavy atom. The number of allylic oxidation sites excluding steroid dienone is 1. The van der Waals surface area contributed by atoms with Gasteiger partial charge in [0.05, 0.1) is 30.5 Å². The van der Waals surface area contributed by atoms with E-state index in [1.807, 2.05) is 6.92 Å². The molecule has 10 heteroatoms. The molecule has 30 heavy (non-hydrogen) atoms. The second kappa shape index (κ2) is 8.37. The summed E-state index contributed by atoms with van der Waals surface area (Å²) >= 11 is 5.72. The molecule has 4 rings (SSSR count). The summed E-state index contributed by atoms with van der Waals surface area (Å²) in [6.45, 7) is 4.75. The quantitative estimate of drug-likeness (QED) is 0.495. The summed E-state index contributed by atoms with van der Waals surface area (Å²) < 4.78 is 39.3. The predicted octanol–water partition coefficient (Wildman–Crippen LogP) is 3.78. The number of hydrogen-bond acceptors (Lipinski definition) is 7. The Kier molecular flexibility index (Phi) is 5.65. The van der Waals surface area contributed by atoms with E-state index in [1.54, 1.807) is 6.26 Å². The highest BCUT2D eigenvalue weighted by Gasteiger charge is 2.20. The van der Waals surface area contributed by atoms with Gasteiger partial charge in [0.25, 0.3) is 0 Å². The standard InChI is InChI=1S/C20H18ClF2N5O2/c1-11(28-4-6-29-7-5-28)9-30-14-8-25-18(19-15(14)20(24)27-10-26-19)12-2-3-13(22)16(21)17(12)23/h2-3,8-10H,4-7H2,1H3,(H2,24,26,27)/b11-9+. The summed E-state index contributed by atoms with van der Waals surface area (Å²) in [4.78, 5) is 14.6. The molecule has 0 spiro atoms. The van der Waals surface area contributed by atoms with Crippen LogP contribution in [0.4, 0.5) is 14.6 Å². The van der Waals surface area contributed by atoms with Crippen molar-refractivity contribution in [1.29, 1.82) is 0 Å². The Balaban J connectivity index is 1.77. The number of anilines is 1. The third-order valence-electron chi connectivity index (χ3n) is 4.81. The van der Waals surface area contributed by atoms with Crippen LogP contribution in [0.3, 0.4) is 0 Å². The Morgan fingerprint density at radius 1 is 1.23 bits per heavy atom. The van der Waals surface area contributed by atoms with E-state index in [0.717, 1.165) is 24.9 Å². The maximum atomic E-state index is 14.6. The summed E-state index contributed by atoms with van der Waals surface area (Å²) in [5.74, 6) is -1.34. The van der Waals surface area contributed by atoms with E-state index in [4.69, 9.17) is 26.8 Å². The van der Waals surface area contributed by atoms with Gasteiger partial charge in [-0.3, -0.25) is 0 Å². The molecule has 2 N–H and O–H groups in total. The molecule has 0 bridgehead atoms. The third kappa shape index (κ3) is 3.73. The zero-order valence-electron chi connectivity index (χ0n) is 16.0. The number of fused-ring (bicyclic) bond motifs is 1. The van der Waals surface area contributed by atoms with Crippen molar-refractivity contribution in [3.63, 3.8) is 0 Å². The van der Waals surface area contributed by atoms with Crippen LogP contribution in [0, 0.1) is 11.6 Å². The SMILES string of the molecule is C/C(=C\Oc1cnc(-c2ccc(F)c(Cl)c2F)c2ncnc(N)c12)N1CCOCC1. The van der Waals surface area contributed by atoms with Gasteiger partial charge in [-0.2, -0.15) is 0 Å². The molecule has 0 amide bonds. The highest BCUT2D eigenvalue weighted by molar-refractivity contribution is 6.31. The first kappa shape index (κ1) is 20.2. The zero-order chi connectivity index (χ0) is 21.3. The molecule has 1 fully saturated rings. The van der Waals surface area contributed by atoms with Gasteiger partial charge < -0.3 is 20.1 Å². The first-order valence-electron chi connectivity index (χ1n) is 9.16. The lowest BCUT2D eigenvalue weighted by molar-refractivity contribution is 0.0527. The maximum Gasteiger partial charge on any atom is 0.158 e. The van der Waals surface area contributed by atoms with Crippen LogP contribution in [0.25, 0.3) is 22.2 Å². The van der Waals surface area contributed by atoms with Crippen molar-refractivity contribution < 1.29 is 18.3 Å². The van der Waals surface area contributed by atoms with E-state index < -0.39 is 16.7 Å². The van der Waals surface area contributed by atoms with Gasteiger partial charge in [-0.15, -0.1) is 0 Å². The lowest BCUT2D eigenvalue weighted by Crippen LogP contribution is -2.34. The Labute approximate surface area is 176 Å². The van der Waals surface area contributed by atoms with E-state index in [0.29, 0.717) is 24.3 Å². The van der Waals surface area contributed by atoms with Crippen LogP contribution in [0.2, 0.25) is 5.02 Å². The molecule has 0 radical (unpaired) electrons. The first-order chi connectivity index (χ1) is 14.5. The second-order valence-electron chi connectivity index (χ2n) is 6.65. The van der Waals surface area contributed by atoms with Crippen LogP contribution in [-0.4, -0.2) is 46.2 Å². The molecule has 2 aromatic heterocycles. The zero-order valence-corrected chi connectivity index (χ0v) is 16.8. The molecule has 1 aliphatic rings. The number of rotatable bonds is 4. The summed E-state index contributed by atoms with van der Waals surface area (Å²) in [6.07, 6.45) is 4.23. The molecule has 0 unspecified atom stereocenters. The van der Waals surface area contributed by atoms with Gasteiger partial charge in [0, 0.05) is 24.4 Å². The van der Waals surface area contributed by atoms with Crippen LogP contribution in [-0.2, 0) is 4.74 Å². The van der Waals surface area contributed by atoms with Crippen LogP contribution in [0.15, 0.2) is 36.6 Å². The molecule has 0 atom stereocenters. The molecule has 0 aliphatic carbocycles. The van der Waals surface area contributed by atoms with E-state index >= 15 is 0 Å². The fourth-order valence-electron chi connectivity index (χ4n) is 3.21. The van der Waals surface area contributed by atoms with E-state index in [1.165, 1.54) is 18.6 Å². The molecule has 1 saturated heterocycles. The third-order valence-corrected chi connectivity index (χ3v) is 5.16. The van der Waals surface area contributed by atoms with E-state index in [-0.39, 0.29) is 22.6 Å². The molecule has 7 nitrogen and oxygen atoms in total. The number of nitrogens with two attached hydrogens (primary N) is 1. The van der Waals surface area contributed by atoms with E-state index in [2.05, 4.69) is 19.9 Å². The Hall–Kier alpha value is -3.04. The summed E-state index contributed by atoms with van der Waals surface area (Å²) in [6, 6.07) is 2.32. The summed E-state index contributed by atoms with van der Waals surface area (Å²) in [7, 11) is 0. The lowest BCUT2D eigenvalue weighted by Gasteiger charge is -2.29. The van der Waals surface area contributed by atoms with Crippen molar-refractivity contribution in [2.45, 2.75) is 6.92 Å². The normalized spacial score (nSPS) is 14.9.